The van der Waals surface area contributed by atoms with Gasteiger partial charge in [0.2, 0.25) is 0 Å². The summed E-state index contributed by atoms with van der Waals surface area (Å²) in [6.07, 6.45) is 2.95. The zero-order chi connectivity index (χ0) is 10.3. The molecular weight excluding hydrogens is 367 g/mol. The Morgan fingerprint density at radius 1 is 1.21 bits per heavy atom. The number of rotatable bonds is 0. The first-order chi connectivity index (χ1) is 6.61. The molecule has 0 atom stereocenters. The summed E-state index contributed by atoms with van der Waals surface area (Å²) < 4.78 is 27.3. The predicted molar refractivity (Wildman–Crippen MR) is 62.1 cm³/mol. The van der Waals surface area contributed by atoms with Gasteiger partial charge in [0.15, 0.2) is 0 Å². The number of pyridine rings is 1. The standard InChI is InChI=1S/C9H3BrF2IN/c10-8-6(11)1-4-5(9(8)12)2-14-3-7(4)13/h1-3H. The van der Waals surface area contributed by atoms with Gasteiger partial charge in [-0.1, -0.05) is 0 Å². The second-order valence-corrected chi connectivity index (χ2v) is 4.66. The first kappa shape index (κ1) is 10.2. The highest BCUT2D eigenvalue weighted by atomic mass is 127. The molecule has 0 N–H and O–H groups in total. The molecule has 72 valence electrons. The first-order valence-corrected chi connectivity index (χ1v) is 5.55. The Morgan fingerprint density at radius 2 is 1.93 bits per heavy atom. The van der Waals surface area contributed by atoms with E-state index in [1.807, 2.05) is 22.6 Å². The highest BCUT2D eigenvalue weighted by Crippen LogP contribution is 2.29. The van der Waals surface area contributed by atoms with Crippen molar-refractivity contribution in [3.63, 3.8) is 0 Å². The van der Waals surface area contributed by atoms with Crippen LogP contribution in [0.3, 0.4) is 0 Å². The summed E-state index contributed by atoms with van der Waals surface area (Å²) in [5.74, 6) is -1.20. The summed E-state index contributed by atoms with van der Waals surface area (Å²) in [6, 6.07) is 1.30. The molecule has 0 saturated carbocycles. The van der Waals surface area contributed by atoms with Crippen LogP contribution in [-0.2, 0) is 0 Å². The molecule has 0 saturated heterocycles. The minimum absolute atomic E-state index is 0.145. The Labute approximate surface area is 101 Å². The van der Waals surface area contributed by atoms with Gasteiger partial charge in [0.25, 0.3) is 0 Å². The van der Waals surface area contributed by atoms with E-state index in [1.165, 1.54) is 12.3 Å². The van der Waals surface area contributed by atoms with Crippen molar-refractivity contribution in [2.75, 3.05) is 0 Å². The molecule has 1 aromatic heterocycles. The van der Waals surface area contributed by atoms with E-state index >= 15 is 0 Å². The van der Waals surface area contributed by atoms with Crippen LogP contribution in [0.15, 0.2) is 22.9 Å². The van der Waals surface area contributed by atoms with Gasteiger partial charge in [-0.3, -0.25) is 4.98 Å². The average Bonchev–Trinajstić information content (AvgIpc) is 2.17. The maximum Gasteiger partial charge on any atom is 0.149 e. The van der Waals surface area contributed by atoms with E-state index in [9.17, 15) is 8.78 Å². The van der Waals surface area contributed by atoms with Gasteiger partial charge < -0.3 is 0 Å². The largest absolute Gasteiger partial charge is 0.263 e. The summed E-state index contributed by atoms with van der Waals surface area (Å²) in [5, 5.41) is 0.865. The van der Waals surface area contributed by atoms with Crippen LogP contribution in [-0.4, -0.2) is 4.98 Å². The average molecular weight is 370 g/mol. The van der Waals surface area contributed by atoms with Gasteiger partial charge in [-0.2, -0.15) is 0 Å². The lowest BCUT2D eigenvalue weighted by molar-refractivity contribution is 0.580. The first-order valence-electron chi connectivity index (χ1n) is 3.68. The number of benzene rings is 1. The Kier molecular flexibility index (Phi) is 2.70. The lowest BCUT2D eigenvalue weighted by atomic mass is 10.2. The maximum atomic E-state index is 13.5. The SMILES string of the molecule is Fc1cc2c(I)cncc2c(F)c1Br. The molecule has 1 heterocycles. The number of hydrogen-bond donors (Lipinski definition) is 0. The maximum absolute atomic E-state index is 13.5. The van der Waals surface area contributed by atoms with Gasteiger partial charge in [0.1, 0.15) is 11.6 Å². The summed E-state index contributed by atoms with van der Waals surface area (Å²) >= 11 is 4.84. The monoisotopic (exact) mass is 369 g/mol. The number of fused-ring (bicyclic) bond motifs is 1. The quantitative estimate of drug-likeness (QED) is 0.507. The minimum Gasteiger partial charge on any atom is -0.263 e. The van der Waals surface area contributed by atoms with Crippen molar-refractivity contribution in [3.05, 3.63) is 38.1 Å². The van der Waals surface area contributed by atoms with E-state index in [-0.39, 0.29) is 4.47 Å². The third-order valence-electron chi connectivity index (χ3n) is 1.85. The highest BCUT2D eigenvalue weighted by Gasteiger charge is 2.12. The van der Waals surface area contributed by atoms with E-state index in [0.717, 1.165) is 3.57 Å². The predicted octanol–water partition coefficient (Wildman–Crippen LogP) is 3.88. The van der Waals surface area contributed by atoms with Crippen molar-refractivity contribution in [3.8, 4) is 0 Å². The Morgan fingerprint density at radius 3 is 2.64 bits per heavy atom. The van der Waals surface area contributed by atoms with Gasteiger partial charge in [-0.15, -0.1) is 0 Å². The number of hydrogen-bond acceptors (Lipinski definition) is 1. The van der Waals surface area contributed by atoms with Crippen LogP contribution < -0.4 is 0 Å². The van der Waals surface area contributed by atoms with Crippen molar-refractivity contribution in [2.24, 2.45) is 0 Å². The molecular formula is C9H3BrF2IN. The van der Waals surface area contributed by atoms with Gasteiger partial charge >= 0.3 is 0 Å². The van der Waals surface area contributed by atoms with Crippen LogP contribution in [0, 0.1) is 15.2 Å². The van der Waals surface area contributed by atoms with Crippen molar-refractivity contribution in [2.45, 2.75) is 0 Å². The van der Waals surface area contributed by atoms with Crippen LogP contribution in [0.5, 0.6) is 0 Å². The van der Waals surface area contributed by atoms with E-state index < -0.39 is 11.6 Å². The zero-order valence-electron chi connectivity index (χ0n) is 6.69. The molecule has 14 heavy (non-hydrogen) atoms. The Balaban J connectivity index is 2.98. The molecule has 0 amide bonds. The fourth-order valence-corrected chi connectivity index (χ4v) is 2.11. The van der Waals surface area contributed by atoms with Gasteiger partial charge in [-0.25, -0.2) is 8.78 Å². The zero-order valence-corrected chi connectivity index (χ0v) is 10.4. The van der Waals surface area contributed by atoms with Crippen molar-refractivity contribution < 1.29 is 8.78 Å². The normalized spacial score (nSPS) is 10.9. The summed E-state index contributed by atoms with van der Waals surface area (Å²) in [5.41, 5.74) is 0. The van der Waals surface area contributed by atoms with Crippen LogP contribution in [0.4, 0.5) is 8.78 Å². The van der Waals surface area contributed by atoms with Crippen LogP contribution >= 0.6 is 38.5 Å². The van der Waals surface area contributed by atoms with Gasteiger partial charge in [0, 0.05) is 26.7 Å². The molecule has 0 fully saturated rings. The number of aromatic nitrogens is 1. The Bertz CT molecular complexity index is 516. The molecule has 2 aromatic rings. The second kappa shape index (κ2) is 3.69. The third kappa shape index (κ3) is 1.52. The molecule has 1 aromatic carbocycles. The van der Waals surface area contributed by atoms with Crippen molar-refractivity contribution in [1.82, 2.24) is 4.98 Å². The highest BCUT2D eigenvalue weighted by molar-refractivity contribution is 14.1. The molecule has 5 heteroatoms. The number of nitrogens with zero attached hydrogens (tertiary/aromatic N) is 1. The molecule has 0 radical (unpaired) electrons. The van der Waals surface area contributed by atoms with Crippen molar-refractivity contribution in [1.29, 1.82) is 0 Å². The fraction of sp³-hybridized carbons (Fsp3) is 0. The molecule has 0 unspecified atom stereocenters. The molecule has 0 aliphatic rings. The third-order valence-corrected chi connectivity index (χ3v) is 3.44. The molecule has 0 aliphatic carbocycles. The van der Waals surface area contributed by atoms with E-state index in [4.69, 9.17) is 0 Å². The smallest absolute Gasteiger partial charge is 0.149 e. The second-order valence-electron chi connectivity index (χ2n) is 2.70. The van der Waals surface area contributed by atoms with E-state index in [1.54, 1.807) is 6.20 Å². The molecule has 0 aliphatic heterocycles. The topological polar surface area (TPSA) is 12.9 Å². The van der Waals surface area contributed by atoms with Gasteiger partial charge in [0.05, 0.1) is 4.47 Å². The van der Waals surface area contributed by atoms with Crippen molar-refractivity contribution >= 4 is 49.3 Å². The van der Waals surface area contributed by atoms with Crippen LogP contribution in [0.25, 0.3) is 10.8 Å². The summed E-state index contributed by atoms with van der Waals surface area (Å²) in [4.78, 5) is 3.85. The van der Waals surface area contributed by atoms with Crippen LogP contribution in [0.2, 0.25) is 0 Å². The summed E-state index contributed by atoms with van der Waals surface area (Å²) in [7, 11) is 0. The molecule has 0 spiro atoms. The van der Waals surface area contributed by atoms with E-state index in [2.05, 4.69) is 20.9 Å². The van der Waals surface area contributed by atoms with E-state index in [0.29, 0.717) is 10.8 Å². The lowest BCUT2D eigenvalue weighted by Gasteiger charge is -2.03. The number of halogens is 4. The fourth-order valence-electron chi connectivity index (χ4n) is 1.18. The Hall–Kier alpha value is -0.300. The summed E-state index contributed by atoms with van der Waals surface area (Å²) in [6.45, 7) is 0. The molecule has 0 bridgehead atoms. The molecule has 1 nitrogen and oxygen atoms in total. The lowest BCUT2D eigenvalue weighted by Crippen LogP contribution is -1.90. The minimum atomic E-state index is -0.606. The van der Waals surface area contributed by atoms with Gasteiger partial charge in [-0.05, 0) is 44.6 Å². The molecule has 2 rings (SSSR count). The van der Waals surface area contributed by atoms with Crippen LogP contribution in [0.1, 0.15) is 0 Å².